The largest absolute Gasteiger partial charge is 0.468 e. The van der Waals surface area contributed by atoms with E-state index in [-0.39, 0.29) is 12.0 Å². The summed E-state index contributed by atoms with van der Waals surface area (Å²) in [6.45, 7) is 3.06. The van der Waals surface area contributed by atoms with E-state index < -0.39 is 0 Å². The molecule has 19 heavy (non-hydrogen) atoms. The number of hydrogen-bond acceptors (Lipinski definition) is 4. The van der Waals surface area contributed by atoms with E-state index in [4.69, 9.17) is 4.74 Å². The topological polar surface area (TPSA) is 50.4 Å². The first-order chi connectivity index (χ1) is 9.22. The van der Waals surface area contributed by atoms with Gasteiger partial charge in [-0.15, -0.1) is 0 Å². The third-order valence-corrected chi connectivity index (χ3v) is 4.70. The average molecular weight is 268 g/mol. The lowest BCUT2D eigenvalue weighted by Gasteiger charge is -2.40. The molecule has 2 N–H and O–H groups in total. The second-order valence-corrected chi connectivity index (χ2v) is 6.02. The molecule has 2 aliphatic rings. The van der Waals surface area contributed by atoms with Crippen LogP contribution in [0.4, 0.5) is 0 Å². The molecule has 4 atom stereocenters. The molecule has 1 heterocycles. The molecule has 0 aromatic heterocycles. The number of rotatable bonds is 4. The Morgan fingerprint density at radius 2 is 1.95 bits per heavy atom. The summed E-state index contributed by atoms with van der Waals surface area (Å²) in [5.74, 6) is 0.516. The van der Waals surface area contributed by atoms with Crippen molar-refractivity contribution < 1.29 is 9.53 Å². The molecule has 1 saturated carbocycles. The fourth-order valence-electron chi connectivity index (χ4n) is 3.66. The zero-order valence-electron chi connectivity index (χ0n) is 12.3. The Kier molecular flexibility index (Phi) is 5.64. The van der Waals surface area contributed by atoms with Crippen molar-refractivity contribution in [3.8, 4) is 0 Å². The molecule has 0 radical (unpaired) electrons. The van der Waals surface area contributed by atoms with E-state index in [9.17, 15) is 4.79 Å². The minimum absolute atomic E-state index is 0.152. The van der Waals surface area contributed by atoms with Gasteiger partial charge < -0.3 is 15.4 Å². The Balaban J connectivity index is 1.93. The van der Waals surface area contributed by atoms with Gasteiger partial charge >= 0.3 is 5.97 Å². The third-order valence-electron chi connectivity index (χ3n) is 4.70. The van der Waals surface area contributed by atoms with E-state index in [1.54, 1.807) is 0 Å². The molecule has 0 spiro atoms. The van der Waals surface area contributed by atoms with E-state index >= 15 is 0 Å². The summed E-state index contributed by atoms with van der Waals surface area (Å²) >= 11 is 0. The highest BCUT2D eigenvalue weighted by molar-refractivity contribution is 5.75. The molecule has 4 unspecified atom stereocenters. The number of carbonyl (C=O) groups excluding carboxylic acids is 1. The van der Waals surface area contributed by atoms with Gasteiger partial charge in [0.25, 0.3) is 0 Å². The number of hydrogen-bond donors (Lipinski definition) is 2. The Hall–Kier alpha value is -0.610. The number of carbonyl (C=O) groups is 1. The van der Waals surface area contributed by atoms with Crippen molar-refractivity contribution in [1.82, 2.24) is 10.6 Å². The van der Waals surface area contributed by atoms with Crippen molar-refractivity contribution in [3.05, 3.63) is 0 Å². The van der Waals surface area contributed by atoms with Crippen molar-refractivity contribution in [2.45, 2.75) is 70.0 Å². The number of esters is 1. The minimum atomic E-state index is -0.195. The van der Waals surface area contributed by atoms with Crippen molar-refractivity contribution in [2.24, 2.45) is 5.92 Å². The summed E-state index contributed by atoms with van der Waals surface area (Å²) in [5, 5.41) is 7.18. The Morgan fingerprint density at radius 1 is 1.21 bits per heavy atom. The van der Waals surface area contributed by atoms with Gasteiger partial charge in [-0.25, -0.2) is 0 Å². The molecule has 0 aromatic rings. The standard InChI is InChI=1S/C15H28N2O2/c1-11(15(18)19-2)17-14-9-4-3-7-12(14)13-8-5-6-10-16-13/h11-14,16-17H,3-10H2,1-2H3. The lowest BCUT2D eigenvalue weighted by molar-refractivity contribution is -0.143. The first-order valence-corrected chi connectivity index (χ1v) is 7.79. The highest BCUT2D eigenvalue weighted by Crippen LogP contribution is 2.30. The van der Waals surface area contributed by atoms with E-state index in [2.05, 4.69) is 10.6 Å². The van der Waals surface area contributed by atoms with E-state index in [0.717, 1.165) is 6.54 Å². The second kappa shape index (κ2) is 7.25. The Labute approximate surface area is 116 Å². The predicted molar refractivity (Wildman–Crippen MR) is 76.0 cm³/mol. The maximum Gasteiger partial charge on any atom is 0.322 e. The summed E-state index contributed by atoms with van der Waals surface area (Å²) in [6, 6.07) is 0.897. The second-order valence-electron chi connectivity index (χ2n) is 6.02. The minimum Gasteiger partial charge on any atom is -0.468 e. The molecule has 2 rings (SSSR count). The highest BCUT2D eigenvalue weighted by atomic mass is 16.5. The SMILES string of the molecule is COC(=O)C(C)NC1CCCCC1C1CCCCN1. The zero-order chi connectivity index (χ0) is 13.7. The summed E-state index contributed by atoms with van der Waals surface area (Å²) in [4.78, 5) is 11.6. The van der Waals surface area contributed by atoms with Crippen molar-refractivity contribution in [3.63, 3.8) is 0 Å². The maximum absolute atomic E-state index is 11.6. The molecule has 1 saturated heterocycles. The van der Waals surface area contributed by atoms with Gasteiger partial charge in [-0.3, -0.25) is 4.79 Å². The average Bonchev–Trinajstić information content (AvgIpc) is 2.47. The fourth-order valence-corrected chi connectivity index (χ4v) is 3.66. The maximum atomic E-state index is 11.6. The number of ether oxygens (including phenoxy) is 1. The van der Waals surface area contributed by atoms with Crippen LogP contribution in [0.3, 0.4) is 0 Å². The summed E-state index contributed by atoms with van der Waals surface area (Å²) in [5.41, 5.74) is 0. The molecule has 0 amide bonds. The fraction of sp³-hybridized carbons (Fsp3) is 0.933. The molecular formula is C15H28N2O2. The van der Waals surface area contributed by atoms with Crippen LogP contribution in [0, 0.1) is 5.92 Å². The van der Waals surface area contributed by atoms with Gasteiger partial charge in [0.05, 0.1) is 7.11 Å². The van der Waals surface area contributed by atoms with E-state index in [0.29, 0.717) is 18.0 Å². The summed E-state index contributed by atoms with van der Waals surface area (Å²) in [6.07, 6.45) is 9.00. The quantitative estimate of drug-likeness (QED) is 0.764. The lowest BCUT2D eigenvalue weighted by Crippen LogP contribution is -2.53. The van der Waals surface area contributed by atoms with Crippen LogP contribution in [-0.4, -0.2) is 37.7 Å². The van der Waals surface area contributed by atoms with Gasteiger partial charge in [-0.05, 0) is 45.1 Å². The van der Waals surface area contributed by atoms with Gasteiger partial charge in [-0.1, -0.05) is 19.3 Å². The van der Waals surface area contributed by atoms with Crippen LogP contribution in [0.25, 0.3) is 0 Å². The normalized spacial score (nSPS) is 33.7. The monoisotopic (exact) mass is 268 g/mol. The van der Waals surface area contributed by atoms with Crippen molar-refractivity contribution in [1.29, 1.82) is 0 Å². The van der Waals surface area contributed by atoms with Crippen LogP contribution in [0.15, 0.2) is 0 Å². The molecule has 0 bridgehead atoms. The molecule has 4 heteroatoms. The first kappa shape index (κ1) is 14.8. The van der Waals surface area contributed by atoms with Crippen LogP contribution in [0.1, 0.15) is 51.9 Å². The van der Waals surface area contributed by atoms with Gasteiger partial charge in [0.1, 0.15) is 6.04 Å². The number of piperidine rings is 1. The molecule has 2 fully saturated rings. The van der Waals surface area contributed by atoms with Crippen LogP contribution in [0.2, 0.25) is 0 Å². The van der Waals surface area contributed by atoms with Gasteiger partial charge in [-0.2, -0.15) is 0 Å². The van der Waals surface area contributed by atoms with Crippen LogP contribution in [-0.2, 0) is 9.53 Å². The first-order valence-electron chi connectivity index (χ1n) is 7.79. The van der Waals surface area contributed by atoms with Crippen molar-refractivity contribution in [2.75, 3.05) is 13.7 Å². The van der Waals surface area contributed by atoms with Gasteiger partial charge in [0, 0.05) is 12.1 Å². The summed E-state index contributed by atoms with van der Waals surface area (Å²) in [7, 11) is 1.46. The molecule has 1 aliphatic heterocycles. The molecule has 1 aliphatic carbocycles. The van der Waals surface area contributed by atoms with Crippen LogP contribution in [0.5, 0.6) is 0 Å². The summed E-state index contributed by atoms with van der Waals surface area (Å²) < 4.78 is 4.82. The Bertz CT molecular complexity index is 290. The van der Waals surface area contributed by atoms with E-state index in [1.165, 1.54) is 52.1 Å². The number of methoxy groups -OCH3 is 1. The highest BCUT2D eigenvalue weighted by Gasteiger charge is 2.33. The lowest BCUT2D eigenvalue weighted by atomic mass is 9.77. The zero-order valence-corrected chi connectivity index (χ0v) is 12.3. The molecular weight excluding hydrogens is 240 g/mol. The molecule has 110 valence electrons. The smallest absolute Gasteiger partial charge is 0.322 e. The van der Waals surface area contributed by atoms with Crippen LogP contribution < -0.4 is 10.6 Å². The molecule has 0 aromatic carbocycles. The predicted octanol–water partition coefficient (Wildman–Crippen LogP) is 1.84. The van der Waals surface area contributed by atoms with Gasteiger partial charge in [0.15, 0.2) is 0 Å². The number of nitrogens with one attached hydrogen (secondary N) is 2. The third kappa shape index (κ3) is 3.93. The molecule has 4 nitrogen and oxygen atoms in total. The van der Waals surface area contributed by atoms with Crippen LogP contribution >= 0.6 is 0 Å². The Morgan fingerprint density at radius 3 is 2.63 bits per heavy atom. The van der Waals surface area contributed by atoms with E-state index in [1.807, 2.05) is 6.92 Å². The van der Waals surface area contributed by atoms with Crippen molar-refractivity contribution >= 4 is 5.97 Å². The van der Waals surface area contributed by atoms with Gasteiger partial charge in [0.2, 0.25) is 0 Å².